The summed E-state index contributed by atoms with van der Waals surface area (Å²) in [5.74, 6) is -2.09. The second-order valence-corrected chi connectivity index (χ2v) is 9.65. The maximum atomic E-state index is 13.3. The number of aryl methyl sites for hydroxylation is 1. The maximum absolute atomic E-state index is 13.3. The summed E-state index contributed by atoms with van der Waals surface area (Å²) in [7, 11) is 0. The van der Waals surface area contributed by atoms with Gasteiger partial charge in [-0.2, -0.15) is 0 Å². The van der Waals surface area contributed by atoms with Crippen LogP contribution >= 0.6 is 0 Å². The van der Waals surface area contributed by atoms with Gasteiger partial charge in [0, 0.05) is 13.0 Å². The van der Waals surface area contributed by atoms with Gasteiger partial charge >= 0.3 is 0 Å². The van der Waals surface area contributed by atoms with E-state index in [9.17, 15) is 19.2 Å². The first-order valence-electron chi connectivity index (χ1n) is 13.9. The molecule has 13 nitrogen and oxygen atoms in total. The minimum absolute atomic E-state index is 0.0736. The fourth-order valence-corrected chi connectivity index (χ4v) is 4.03. The number of nitrogens with one attached hydrogen (secondary N) is 3. The third kappa shape index (κ3) is 15.0. The third-order valence-electron chi connectivity index (χ3n) is 6.27. The molecule has 0 bridgehead atoms. The SMILES string of the molecule is NCCCC[C@H](NC(=O)CCc1ccccc1)C(=O)N[C@@H](CCCCN)C(=O)N[C@@H](CCCN=C(N)N)C(N)=O. The number of hydrogen-bond donors (Lipinski definition) is 8. The lowest BCUT2D eigenvalue weighted by atomic mass is 10.0. The van der Waals surface area contributed by atoms with Gasteiger partial charge in [0.1, 0.15) is 18.1 Å². The molecule has 4 amide bonds. The zero-order chi connectivity index (χ0) is 29.8. The van der Waals surface area contributed by atoms with Crippen molar-refractivity contribution in [2.75, 3.05) is 19.6 Å². The van der Waals surface area contributed by atoms with E-state index >= 15 is 0 Å². The highest BCUT2D eigenvalue weighted by molar-refractivity contribution is 5.94. The molecule has 0 aliphatic rings. The molecule has 0 heterocycles. The molecule has 0 saturated carbocycles. The Labute approximate surface area is 236 Å². The van der Waals surface area contributed by atoms with Crippen LogP contribution in [0.2, 0.25) is 0 Å². The lowest BCUT2D eigenvalue weighted by molar-refractivity contribution is -0.133. The average molecular weight is 562 g/mol. The van der Waals surface area contributed by atoms with E-state index < -0.39 is 35.8 Å². The fourth-order valence-electron chi connectivity index (χ4n) is 4.03. The van der Waals surface area contributed by atoms with Gasteiger partial charge in [-0.3, -0.25) is 24.2 Å². The molecule has 1 aromatic carbocycles. The number of nitrogens with zero attached hydrogens (tertiary/aromatic N) is 1. The summed E-state index contributed by atoms with van der Waals surface area (Å²) in [5, 5.41) is 8.21. The minimum Gasteiger partial charge on any atom is -0.370 e. The Morgan fingerprint density at radius 3 is 1.75 bits per heavy atom. The summed E-state index contributed by atoms with van der Waals surface area (Å²) in [6.07, 6.45) is 4.57. The van der Waals surface area contributed by atoms with Crippen LogP contribution in [0.25, 0.3) is 0 Å². The Hall–Kier alpha value is -3.71. The van der Waals surface area contributed by atoms with Gasteiger partial charge in [-0.25, -0.2) is 0 Å². The van der Waals surface area contributed by atoms with Crippen LogP contribution in [0, 0.1) is 0 Å². The Bertz CT molecular complexity index is 939. The molecule has 0 fully saturated rings. The number of primary amides is 1. The summed E-state index contributed by atoms with van der Waals surface area (Å²) in [5.41, 5.74) is 28.4. The van der Waals surface area contributed by atoms with E-state index in [0.717, 1.165) is 5.56 Å². The smallest absolute Gasteiger partial charge is 0.243 e. The van der Waals surface area contributed by atoms with Crippen molar-refractivity contribution in [1.29, 1.82) is 0 Å². The number of benzene rings is 1. The molecular weight excluding hydrogens is 514 g/mol. The molecule has 0 aromatic heterocycles. The zero-order valence-corrected chi connectivity index (χ0v) is 23.3. The first-order chi connectivity index (χ1) is 19.2. The van der Waals surface area contributed by atoms with Gasteiger partial charge in [-0.05, 0) is 76.4 Å². The number of carbonyl (C=O) groups excluding carboxylic acids is 4. The Morgan fingerprint density at radius 1 is 0.700 bits per heavy atom. The zero-order valence-electron chi connectivity index (χ0n) is 23.3. The summed E-state index contributed by atoms with van der Waals surface area (Å²) < 4.78 is 0. The number of nitrogens with two attached hydrogens (primary N) is 5. The molecule has 0 aliphatic heterocycles. The van der Waals surface area contributed by atoms with Crippen LogP contribution < -0.4 is 44.6 Å². The number of unbranched alkanes of at least 4 members (excludes halogenated alkanes) is 2. The molecule has 1 aromatic rings. The lowest BCUT2D eigenvalue weighted by Crippen LogP contribution is -2.56. The highest BCUT2D eigenvalue weighted by Crippen LogP contribution is 2.08. The second-order valence-electron chi connectivity index (χ2n) is 9.65. The fraction of sp³-hybridized carbons (Fsp3) is 0.593. The van der Waals surface area contributed by atoms with Crippen molar-refractivity contribution in [1.82, 2.24) is 16.0 Å². The Kier molecular flexibility index (Phi) is 17.4. The summed E-state index contributed by atoms with van der Waals surface area (Å²) in [6.45, 7) is 1.15. The van der Waals surface area contributed by atoms with Gasteiger partial charge in [0.2, 0.25) is 23.6 Å². The first kappa shape index (κ1) is 34.3. The van der Waals surface area contributed by atoms with E-state index in [0.29, 0.717) is 64.5 Å². The molecule has 3 atom stereocenters. The predicted molar refractivity (Wildman–Crippen MR) is 155 cm³/mol. The number of rotatable bonds is 21. The van der Waals surface area contributed by atoms with Gasteiger partial charge in [0.25, 0.3) is 0 Å². The van der Waals surface area contributed by atoms with E-state index in [2.05, 4.69) is 20.9 Å². The van der Waals surface area contributed by atoms with Gasteiger partial charge in [-0.15, -0.1) is 0 Å². The van der Waals surface area contributed by atoms with Crippen LogP contribution in [0.1, 0.15) is 63.4 Å². The standard InChI is InChI=1S/C27H47N9O4/c28-16-6-4-11-21(34-23(37)15-14-19-9-2-1-3-10-19)25(39)36-22(12-5-7-17-29)26(40)35-20(24(30)38)13-8-18-33-27(31)32/h1-3,9-10,20-22H,4-8,11-18,28-29H2,(H2,30,38)(H,34,37)(H,35,40)(H,36,39)(H4,31,32,33)/t20-,21-,22-/m0/s1. The van der Waals surface area contributed by atoms with Gasteiger partial charge < -0.3 is 44.6 Å². The minimum atomic E-state index is -0.964. The van der Waals surface area contributed by atoms with E-state index in [-0.39, 0.29) is 31.3 Å². The molecule has 40 heavy (non-hydrogen) atoms. The van der Waals surface area contributed by atoms with Crippen molar-refractivity contribution >= 4 is 29.6 Å². The third-order valence-corrected chi connectivity index (χ3v) is 6.27. The van der Waals surface area contributed by atoms with E-state index in [1.54, 1.807) is 0 Å². The van der Waals surface area contributed by atoms with Crippen LogP contribution in [0.5, 0.6) is 0 Å². The molecule has 1 rings (SSSR count). The predicted octanol–water partition coefficient (Wildman–Crippen LogP) is -1.13. The van der Waals surface area contributed by atoms with Crippen molar-refractivity contribution in [3.8, 4) is 0 Å². The topological polar surface area (TPSA) is 247 Å². The van der Waals surface area contributed by atoms with Crippen molar-refractivity contribution in [3.63, 3.8) is 0 Å². The van der Waals surface area contributed by atoms with Crippen molar-refractivity contribution in [3.05, 3.63) is 35.9 Å². The number of guanidine groups is 1. The van der Waals surface area contributed by atoms with Crippen LogP contribution in [0.4, 0.5) is 0 Å². The van der Waals surface area contributed by atoms with Crippen molar-refractivity contribution < 1.29 is 19.2 Å². The quantitative estimate of drug-likeness (QED) is 0.0517. The van der Waals surface area contributed by atoms with Gasteiger partial charge in [0.05, 0.1) is 0 Å². The first-order valence-corrected chi connectivity index (χ1v) is 13.9. The van der Waals surface area contributed by atoms with E-state index in [4.69, 9.17) is 28.7 Å². The molecule has 224 valence electrons. The maximum Gasteiger partial charge on any atom is 0.243 e. The molecule has 0 radical (unpaired) electrons. The van der Waals surface area contributed by atoms with E-state index in [1.165, 1.54) is 0 Å². The van der Waals surface area contributed by atoms with Gasteiger partial charge in [0.15, 0.2) is 5.96 Å². The molecule has 13 heteroatoms. The van der Waals surface area contributed by atoms with Crippen LogP contribution in [0.3, 0.4) is 0 Å². The number of hydrogen-bond acceptors (Lipinski definition) is 7. The summed E-state index contributed by atoms with van der Waals surface area (Å²) >= 11 is 0. The summed E-state index contributed by atoms with van der Waals surface area (Å²) in [4.78, 5) is 55.0. The normalized spacial score (nSPS) is 12.9. The number of amides is 4. The highest BCUT2D eigenvalue weighted by Gasteiger charge is 2.28. The lowest BCUT2D eigenvalue weighted by Gasteiger charge is -2.25. The van der Waals surface area contributed by atoms with Crippen molar-refractivity contribution in [2.24, 2.45) is 33.7 Å². The molecule has 13 N–H and O–H groups in total. The van der Waals surface area contributed by atoms with Crippen LogP contribution in [-0.2, 0) is 25.6 Å². The molecule has 0 aliphatic carbocycles. The Balaban J connectivity index is 2.89. The average Bonchev–Trinajstić information content (AvgIpc) is 2.92. The molecular formula is C27H47N9O4. The van der Waals surface area contributed by atoms with Gasteiger partial charge in [-0.1, -0.05) is 30.3 Å². The number of carbonyl (C=O) groups is 4. The highest BCUT2D eigenvalue weighted by atomic mass is 16.2. The molecule has 0 unspecified atom stereocenters. The van der Waals surface area contributed by atoms with Crippen LogP contribution in [0.15, 0.2) is 35.3 Å². The van der Waals surface area contributed by atoms with E-state index in [1.807, 2.05) is 30.3 Å². The summed E-state index contributed by atoms with van der Waals surface area (Å²) in [6, 6.07) is 6.82. The van der Waals surface area contributed by atoms with Crippen molar-refractivity contribution in [2.45, 2.75) is 82.3 Å². The van der Waals surface area contributed by atoms with Crippen LogP contribution in [-0.4, -0.2) is 67.3 Å². The largest absolute Gasteiger partial charge is 0.370 e. The molecule has 0 spiro atoms. The Morgan fingerprint density at radius 2 is 1.23 bits per heavy atom. The molecule has 0 saturated heterocycles. The second kappa shape index (κ2) is 20.2. The monoisotopic (exact) mass is 561 g/mol. The number of aliphatic imine (C=N–C) groups is 1.